The lowest BCUT2D eigenvalue weighted by Crippen LogP contribution is -2.36. The number of hydrogen-bond donors (Lipinski definition) is 0. The molecule has 0 radical (unpaired) electrons. The van der Waals surface area contributed by atoms with Crippen molar-refractivity contribution in [1.29, 1.82) is 0 Å². The Labute approximate surface area is 130 Å². The number of ether oxygens (including phenoxy) is 1. The Morgan fingerprint density at radius 1 is 1.14 bits per heavy atom. The Kier molecular flexibility index (Phi) is 4.34. The molecule has 0 spiro atoms. The van der Waals surface area contributed by atoms with Gasteiger partial charge in [0.15, 0.2) is 0 Å². The molecule has 3 rings (SSSR count). The molecule has 5 heteroatoms. The monoisotopic (exact) mass is 302 g/mol. The minimum absolute atomic E-state index is 0.298. The zero-order valence-electron chi connectivity index (χ0n) is 13.2. The Morgan fingerprint density at radius 2 is 1.86 bits per heavy atom. The summed E-state index contributed by atoms with van der Waals surface area (Å²) in [5.41, 5.74) is 2.38. The molecule has 1 saturated heterocycles. The van der Waals surface area contributed by atoms with Crippen LogP contribution in [0.15, 0.2) is 33.5 Å². The second-order valence-electron chi connectivity index (χ2n) is 5.40. The smallest absolute Gasteiger partial charge is 0.338 e. The molecule has 118 valence electrons. The maximum Gasteiger partial charge on any atom is 0.338 e. The fourth-order valence-corrected chi connectivity index (χ4v) is 2.98. The first kappa shape index (κ1) is 14.9. The SMILES string of the molecule is CCN(CC)c1cc(=O)oc2cc(N3CCOCC3)ccc12. The maximum atomic E-state index is 11.9. The van der Waals surface area contributed by atoms with E-state index in [9.17, 15) is 4.79 Å². The molecular formula is C17H22N2O3. The second-order valence-corrected chi connectivity index (χ2v) is 5.40. The predicted octanol–water partition coefficient (Wildman–Crippen LogP) is 2.48. The first-order valence-corrected chi connectivity index (χ1v) is 7.88. The van der Waals surface area contributed by atoms with Crippen molar-refractivity contribution in [2.75, 3.05) is 49.2 Å². The first-order valence-electron chi connectivity index (χ1n) is 7.88. The molecule has 22 heavy (non-hydrogen) atoms. The van der Waals surface area contributed by atoms with Crippen molar-refractivity contribution < 1.29 is 9.15 Å². The van der Waals surface area contributed by atoms with E-state index in [1.54, 1.807) is 6.07 Å². The van der Waals surface area contributed by atoms with Gasteiger partial charge in [-0.15, -0.1) is 0 Å². The molecule has 2 aromatic rings. The van der Waals surface area contributed by atoms with Crippen molar-refractivity contribution in [3.05, 3.63) is 34.7 Å². The van der Waals surface area contributed by atoms with Crippen molar-refractivity contribution in [1.82, 2.24) is 0 Å². The van der Waals surface area contributed by atoms with Crippen LogP contribution in [0.2, 0.25) is 0 Å². The van der Waals surface area contributed by atoms with Gasteiger partial charge in [-0.2, -0.15) is 0 Å². The lowest BCUT2D eigenvalue weighted by molar-refractivity contribution is 0.122. The molecule has 0 aliphatic carbocycles. The van der Waals surface area contributed by atoms with Gasteiger partial charge in [-0.05, 0) is 26.0 Å². The molecule has 1 aliphatic heterocycles. The molecule has 0 saturated carbocycles. The third-order valence-electron chi connectivity index (χ3n) is 4.19. The highest BCUT2D eigenvalue weighted by atomic mass is 16.5. The van der Waals surface area contributed by atoms with Crippen LogP contribution in [0, 0.1) is 0 Å². The van der Waals surface area contributed by atoms with E-state index in [1.165, 1.54) is 0 Å². The van der Waals surface area contributed by atoms with E-state index >= 15 is 0 Å². The number of rotatable bonds is 4. The van der Waals surface area contributed by atoms with Crippen molar-refractivity contribution in [2.24, 2.45) is 0 Å². The number of morpholine rings is 1. The molecule has 1 aliphatic rings. The summed E-state index contributed by atoms with van der Waals surface area (Å²) >= 11 is 0. The number of hydrogen-bond acceptors (Lipinski definition) is 5. The van der Waals surface area contributed by atoms with Gasteiger partial charge in [0.2, 0.25) is 0 Å². The van der Waals surface area contributed by atoms with E-state index in [-0.39, 0.29) is 5.63 Å². The van der Waals surface area contributed by atoms with E-state index < -0.39 is 0 Å². The van der Waals surface area contributed by atoms with E-state index in [2.05, 4.69) is 35.8 Å². The molecule has 0 amide bonds. The van der Waals surface area contributed by atoms with Crippen LogP contribution in [-0.2, 0) is 4.74 Å². The summed E-state index contributed by atoms with van der Waals surface area (Å²) in [5, 5.41) is 0.986. The number of benzene rings is 1. The number of nitrogens with zero attached hydrogens (tertiary/aromatic N) is 2. The lowest BCUT2D eigenvalue weighted by atomic mass is 10.1. The van der Waals surface area contributed by atoms with Gasteiger partial charge in [0.1, 0.15) is 5.58 Å². The maximum absolute atomic E-state index is 11.9. The van der Waals surface area contributed by atoms with E-state index in [0.717, 1.165) is 56.2 Å². The first-order chi connectivity index (χ1) is 10.7. The van der Waals surface area contributed by atoms with Gasteiger partial charge in [0.05, 0.1) is 18.9 Å². The molecule has 1 fully saturated rings. The Morgan fingerprint density at radius 3 is 2.55 bits per heavy atom. The summed E-state index contributed by atoms with van der Waals surface area (Å²) in [7, 11) is 0. The van der Waals surface area contributed by atoms with Crippen LogP contribution in [-0.4, -0.2) is 39.4 Å². The zero-order chi connectivity index (χ0) is 15.5. The molecule has 0 atom stereocenters. The standard InChI is InChI=1S/C17H22N2O3/c1-3-18(4-2)15-12-17(20)22-16-11-13(5-6-14(15)16)19-7-9-21-10-8-19/h5-6,11-12H,3-4,7-10H2,1-2H3. The highest BCUT2D eigenvalue weighted by Crippen LogP contribution is 2.29. The Bertz CT molecular complexity index is 701. The minimum Gasteiger partial charge on any atom is -0.423 e. The summed E-state index contributed by atoms with van der Waals surface area (Å²) < 4.78 is 10.8. The van der Waals surface area contributed by atoms with Crippen LogP contribution in [0.1, 0.15) is 13.8 Å². The van der Waals surface area contributed by atoms with Crippen molar-refractivity contribution >= 4 is 22.3 Å². The minimum atomic E-state index is -0.298. The highest BCUT2D eigenvalue weighted by Gasteiger charge is 2.15. The zero-order valence-corrected chi connectivity index (χ0v) is 13.2. The van der Waals surface area contributed by atoms with Gasteiger partial charge in [-0.1, -0.05) is 0 Å². The fourth-order valence-electron chi connectivity index (χ4n) is 2.98. The molecule has 0 N–H and O–H groups in total. The fraction of sp³-hybridized carbons (Fsp3) is 0.471. The topological polar surface area (TPSA) is 45.9 Å². The third kappa shape index (κ3) is 2.81. The Hall–Kier alpha value is -2.01. The molecule has 0 unspecified atom stereocenters. The van der Waals surface area contributed by atoms with E-state index in [0.29, 0.717) is 5.58 Å². The van der Waals surface area contributed by atoms with Crippen molar-refractivity contribution in [3.8, 4) is 0 Å². The summed E-state index contributed by atoms with van der Waals surface area (Å²) in [6, 6.07) is 7.70. The average molecular weight is 302 g/mol. The summed E-state index contributed by atoms with van der Waals surface area (Å²) in [5.74, 6) is 0. The Balaban J connectivity index is 2.06. The molecular weight excluding hydrogens is 280 g/mol. The van der Waals surface area contributed by atoms with Crippen molar-refractivity contribution in [2.45, 2.75) is 13.8 Å². The van der Waals surface area contributed by atoms with Crippen LogP contribution in [0.25, 0.3) is 11.0 Å². The number of fused-ring (bicyclic) bond motifs is 1. The molecule has 2 heterocycles. The van der Waals surface area contributed by atoms with E-state index in [4.69, 9.17) is 9.15 Å². The van der Waals surface area contributed by atoms with Crippen LogP contribution < -0.4 is 15.4 Å². The van der Waals surface area contributed by atoms with Gasteiger partial charge in [-0.3, -0.25) is 0 Å². The van der Waals surface area contributed by atoms with Gasteiger partial charge in [-0.25, -0.2) is 4.79 Å². The van der Waals surface area contributed by atoms with Gasteiger partial charge in [0, 0.05) is 49.4 Å². The average Bonchev–Trinajstić information content (AvgIpc) is 2.56. The van der Waals surface area contributed by atoms with Gasteiger partial charge < -0.3 is 19.0 Å². The van der Waals surface area contributed by atoms with Gasteiger partial charge in [0.25, 0.3) is 0 Å². The van der Waals surface area contributed by atoms with Crippen LogP contribution >= 0.6 is 0 Å². The molecule has 1 aromatic heterocycles. The second kappa shape index (κ2) is 6.40. The molecule has 5 nitrogen and oxygen atoms in total. The third-order valence-corrected chi connectivity index (χ3v) is 4.19. The van der Waals surface area contributed by atoms with Crippen LogP contribution in [0.4, 0.5) is 11.4 Å². The summed E-state index contributed by atoms with van der Waals surface area (Å²) in [6.45, 7) is 9.11. The normalized spacial score (nSPS) is 15.3. The van der Waals surface area contributed by atoms with Gasteiger partial charge >= 0.3 is 5.63 Å². The van der Waals surface area contributed by atoms with Crippen LogP contribution in [0.5, 0.6) is 0 Å². The summed E-state index contributed by atoms with van der Waals surface area (Å²) in [4.78, 5) is 16.3. The van der Waals surface area contributed by atoms with Crippen LogP contribution in [0.3, 0.4) is 0 Å². The quantitative estimate of drug-likeness (QED) is 0.812. The summed E-state index contributed by atoms with van der Waals surface area (Å²) in [6.07, 6.45) is 0. The predicted molar refractivity (Wildman–Crippen MR) is 89.1 cm³/mol. The largest absolute Gasteiger partial charge is 0.423 e. The highest BCUT2D eigenvalue weighted by molar-refractivity contribution is 5.92. The lowest BCUT2D eigenvalue weighted by Gasteiger charge is -2.29. The molecule has 0 bridgehead atoms. The van der Waals surface area contributed by atoms with E-state index in [1.807, 2.05) is 6.07 Å². The van der Waals surface area contributed by atoms with Crippen molar-refractivity contribution in [3.63, 3.8) is 0 Å². The number of anilines is 2. The molecule has 1 aromatic carbocycles.